The summed E-state index contributed by atoms with van der Waals surface area (Å²) in [4.78, 5) is 21.9. The van der Waals surface area contributed by atoms with Gasteiger partial charge >= 0.3 is 5.97 Å². The summed E-state index contributed by atoms with van der Waals surface area (Å²) in [6.45, 7) is -0.175. The van der Waals surface area contributed by atoms with Crippen molar-refractivity contribution in [2.75, 3.05) is 13.7 Å². The number of nitrogens with zero attached hydrogens (tertiary/aromatic N) is 1. The molecule has 0 spiro atoms. The van der Waals surface area contributed by atoms with Crippen LogP contribution in [-0.4, -0.2) is 30.6 Å². The molecule has 21 heavy (non-hydrogen) atoms. The molecular formula is C14H15N3O4. The Hall–Kier alpha value is -3.01. The fraction of sp³-hybridized carbons (Fsp3) is 0.214. The third kappa shape index (κ3) is 5.24. The highest BCUT2D eigenvalue weighted by atomic mass is 16.5. The maximum Gasteiger partial charge on any atom is 0.322 e. The predicted octanol–water partition coefficient (Wildman–Crippen LogP) is 0.393. The monoisotopic (exact) mass is 289 g/mol. The number of aliphatic carboxylic acids is 1. The molecule has 0 heterocycles. The molecule has 1 aromatic rings. The molecule has 0 bridgehead atoms. The van der Waals surface area contributed by atoms with E-state index in [0.29, 0.717) is 12.3 Å². The third-order valence-corrected chi connectivity index (χ3v) is 2.50. The molecule has 0 aliphatic rings. The molecule has 7 heteroatoms. The Morgan fingerprint density at radius 1 is 1.43 bits per heavy atom. The van der Waals surface area contributed by atoms with Crippen LogP contribution in [0.4, 0.5) is 0 Å². The predicted molar refractivity (Wildman–Crippen MR) is 74.2 cm³/mol. The zero-order valence-corrected chi connectivity index (χ0v) is 11.4. The molecule has 1 aromatic carbocycles. The standard InChI is InChI=1S/C14H15N3O4/c1-21-12-5-3-2-4-10(12)7-16-8-11(6-15)14(20)17-9-13(18)19/h2-5,8,16H,7,9H2,1H3,(H,17,20)(H,18,19)/b11-8-. The van der Waals surface area contributed by atoms with Crippen molar-refractivity contribution >= 4 is 11.9 Å². The molecule has 0 aliphatic carbocycles. The van der Waals surface area contributed by atoms with Gasteiger partial charge < -0.3 is 20.5 Å². The summed E-state index contributed by atoms with van der Waals surface area (Å²) in [5, 5.41) is 22.3. The van der Waals surface area contributed by atoms with Gasteiger partial charge in [-0.25, -0.2) is 0 Å². The number of hydrogen-bond donors (Lipinski definition) is 3. The normalized spacial score (nSPS) is 10.4. The van der Waals surface area contributed by atoms with Crippen molar-refractivity contribution in [3.63, 3.8) is 0 Å². The Kier molecular flexibility index (Phi) is 6.28. The van der Waals surface area contributed by atoms with Crippen molar-refractivity contribution < 1.29 is 19.4 Å². The van der Waals surface area contributed by atoms with Crippen LogP contribution < -0.4 is 15.4 Å². The van der Waals surface area contributed by atoms with Crippen LogP contribution >= 0.6 is 0 Å². The van der Waals surface area contributed by atoms with Crippen LogP contribution in [0.25, 0.3) is 0 Å². The Bertz CT molecular complexity index is 590. The van der Waals surface area contributed by atoms with Gasteiger partial charge in [-0.2, -0.15) is 5.26 Å². The number of carboxylic acids is 1. The fourth-order valence-electron chi connectivity index (χ4n) is 1.51. The van der Waals surface area contributed by atoms with E-state index in [2.05, 4.69) is 10.6 Å². The number of nitrogens with one attached hydrogen (secondary N) is 2. The first-order valence-corrected chi connectivity index (χ1v) is 6.04. The second kappa shape index (κ2) is 8.22. The zero-order chi connectivity index (χ0) is 15.7. The van der Waals surface area contributed by atoms with Gasteiger partial charge in [0.15, 0.2) is 0 Å². The minimum atomic E-state index is -1.18. The van der Waals surface area contributed by atoms with E-state index in [1.54, 1.807) is 19.2 Å². The van der Waals surface area contributed by atoms with Crippen LogP contribution in [0.2, 0.25) is 0 Å². The molecule has 0 unspecified atom stereocenters. The van der Waals surface area contributed by atoms with Crippen molar-refractivity contribution in [3.05, 3.63) is 41.6 Å². The summed E-state index contributed by atoms with van der Waals surface area (Å²) >= 11 is 0. The zero-order valence-electron chi connectivity index (χ0n) is 11.4. The fourth-order valence-corrected chi connectivity index (χ4v) is 1.51. The van der Waals surface area contributed by atoms with Crippen molar-refractivity contribution in [2.45, 2.75) is 6.54 Å². The molecule has 0 saturated heterocycles. The van der Waals surface area contributed by atoms with E-state index in [9.17, 15) is 9.59 Å². The molecule has 0 saturated carbocycles. The summed E-state index contributed by atoms with van der Waals surface area (Å²) in [5.41, 5.74) is 0.658. The Morgan fingerprint density at radius 3 is 2.76 bits per heavy atom. The molecule has 0 aliphatic heterocycles. The van der Waals surface area contributed by atoms with Crippen LogP contribution in [0.5, 0.6) is 5.75 Å². The summed E-state index contributed by atoms with van der Waals surface area (Å²) in [7, 11) is 1.55. The largest absolute Gasteiger partial charge is 0.496 e. The molecule has 1 amide bonds. The lowest BCUT2D eigenvalue weighted by atomic mass is 10.2. The number of rotatable bonds is 7. The molecule has 1 rings (SSSR count). The molecular weight excluding hydrogens is 274 g/mol. The first-order valence-electron chi connectivity index (χ1n) is 6.04. The number of benzene rings is 1. The SMILES string of the molecule is COc1ccccc1CN/C=C(/C#N)C(=O)NCC(=O)O. The second-order valence-corrected chi connectivity index (χ2v) is 3.94. The Labute approximate surface area is 121 Å². The number of carbonyl (C=O) groups is 2. The maximum atomic E-state index is 11.5. The van der Waals surface area contributed by atoms with Crippen molar-refractivity contribution in [3.8, 4) is 11.8 Å². The van der Waals surface area contributed by atoms with Gasteiger partial charge in [0.25, 0.3) is 5.91 Å². The minimum absolute atomic E-state index is 0.203. The summed E-state index contributed by atoms with van der Waals surface area (Å²) < 4.78 is 5.17. The average Bonchev–Trinajstić information content (AvgIpc) is 2.49. The molecule has 3 N–H and O–H groups in total. The van der Waals surface area contributed by atoms with Gasteiger partial charge in [-0.15, -0.1) is 0 Å². The molecule has 7 nitrogen and oxygen atoms in total. The highest BCUT2D eigenvalue weighted by molar-refractivity contribution is 5.98. The van der Waals surface area contributed by atoms with Crippen LogP contribution in [-0.2, 0) is 16.1 Å². The van der Waals surface area contributed by atoms with Crippen molar-refractivity contribution in [1.29, 1.82) is 5.26 Å². The highest BCUT2D eigenvalue weighted by Crippen LogP contribution is 2.16. The number of nitriles is 1. The lowest BCUT2D eigenvalue weighted by Crippen LogP contribution is -2.30. The Morgan fingerprint density at radius 2 is 2.14 bits per heavy atom. The average molecular weight is 289 g/mol. The molecule has 0 aromatic heterocycles. The van der Waals surface area contributed by atoms with Crippen LogP contribution in [0, 0.1) is 11.3 Å². The van der Waals surface area contributed by atoms with Crippen molar-refractivity contribution in [2.24, 2.45) is 0 Å². The van der Waals surface area contributed by atoms with Gasteiger partial charge in [0.1, 0.15) is 23.9 Å². The van der Waals surface area contributed by atoms with Gasteiger partial charge in [-0.3, -0.25) is 9.59 Å². The van der Waals surface area contributed by atoms with E-state index in [0.717, 1.165) is 5.56 Å². The topological polar surface area (TPSA) is 111 Å². The molecule has 110 valence electrons. The van der Waals surface area contributed by atoms with Gasteiger partial charge in [-0.05, 0) is 6.07 Å². The summed E-state index contributed by atoms with van der Waals surface area (Å²) in [5.74, 6) is -1.23. The lowest BCUT2D eigenvalue weighted by molar-refractivity contribution is -0.137. The van der Waals surface area contributed by atoms with Gasteiger partial charge in [-0.1, -0.05) is 18.2 Å². The van der Waals surface area contributed by atoms with Gasteiger partial charge in [0.2, 0.25) is 0 Å². The third-order valence-electron chi connectivity index (χ3n) is 2.50. The smallest absolute Gasteiger partial charge is 0.322 e. The van der Waals surface area contributed by atoms with Crippen LogP contribution in [0.3, 0.4) is 0 Å². The number of methoxy groups -OCH3 is 1. The van der Waals surface area contributed by atoms with E-state index in [-0.39, 0.29) is 5.57 Å². The molecule has 0 atom stereocenters. The number of para-hydroxylation sites is 1. The minimum Gasteiger partial charge on any atom is -0.496 e. The van der Waals surface area contributed by atoms with Crippen LogP contribution in [0.1, 0.15) is 5.56 Å². The van der Waals surface area contributed by atoms with E-state index < -0.39 is 18.4 Å². The second-order valence-electron chi connectivity index (χ2n) is 3.94. The van der Waals surface area contributed by atoms with E-state index in [1.165, 1.54) is 6.20 Å². The molecule has 0 radical (unpaired) electrons. The van der Waals surface area contributed by atoms with E-state index in [1.807, 2.05) is 18.2 Å². The molecule has 0 fully saturated rings. The maximum absolute atomic E-state index is 11.5. The number of carbonyl (C=O) groups excluding carboxylic acids is 1. The Balaban J connectivity index is 2.63. The first-order chi connectivity index (χ1) is 10.1. The van der Waals surface area contributed by atoms with E-state index in [4.69, 9.17) is 15.1 Å². The highest BCUT2D eigenvalue weighted by Gasteiger charge is 2.09. The van der Waals surface area contributed by atoms with Gasteiger partial charge in [0, 0.05) is 18.3 Å². The lowest BCUT2D eigenvalue weighted by Gasteiger charge is -2.08. The van der Waals surface area contributed by atoms with Gasteiger partial charge in [0.05, 0.1) is 7.11 Å². The van der Waals surface area contributed by atoms with Crippen molar-refractivity contribution in [1.82, 2.24) is 10.6 Å². The summed E-state index contributed by atoms with van der Waals surface area (Å²) in [6.07, 6.45) is 1.24. The number of amides is 1. The quantitative estimate of drug-likeness (QED) is 0.494. The summed E-state index contributed by atoms with van der Waals surface area (Å²) in [6, 6.07) is 9.02. The van der Waals surface area contributed by atoms with Crippen LogP contribution in [0.15, 0.2) is 36.0 Å². The number of hydrogen-bond acceptors (Lipinski definition) is 5. The first kappa shape index (κ1) is 16.0. The number of carboxylic acid groups (broad SMARTS) is 1. The van der Waals surface area contributed by atoms with E-state index >= 15 is 0 Å². The number of ether oxygens (including phenoxy) is 1.